The number of rotatable bonds is 6. The molecule has 4 heteroatoms. The van der Waals surface area contributed by atoms with Crippen LogP contribution in [-0.4, -0.2) is 28.4 Å². The van der Waals surface area contributed by atoms with E-state index in [9.17, 15) is 4.79 Å². The maximum atomic E-state index is 12.1. The molecule has 100 valence electrons. The summed E-state index contributed by atoms with van der Waals surface area (Å²) in [6.45, 7) is 5.19. The Kier molecular flexibility index (Phi) is 4.93. The SMILES string of the molecule is CCCn1ccnc1C(=O)CCC1CCCNC1. The minimum atomic E-state index is 0.194. The smallest absolute Gasteiger partial charge is 0.198 e. The van der Waals surface area contributed by atoms with E-state index in [4.69, 9.17) is 0 Å². The third-order valence-electron chi connectivity index (χ3n) is 3.61. The molecule has 1 N–H and O–H groups in total. The first kappa shape index (κ1) is 13.3. The van der Waals surface area contributed by atoms with E-state index < -0.39 is 0 Å². The highest BCUT2D eigenvalue weighted by atomic mass is 16.1. The topological polar surface area (TPSA) is 46.9 Å². The number of aromatic nitrogens is 2. The Balaban J connectivity index is 1.84. The number of hydrogen-bond donors (Lipinski definition) is 1. The highest BCUT2D eigenvalue weighted by Crippen LogP contribution is 2.17. The van der Waals surface area contributed by atoms with Crippen LogP contribution in [0.5, 0.6) is 0 Å². The summed E-state index contributed by atoms with van der Waals surface area (Å²) in [5, 5.41) is 3.39. The third-order valence-corrected chi connectivity index (χ3v) is 3.61. The van der Waals surface area contributed by atoms with Gasteiger partial charge in [0, 0.05) is 25.4 Å². The van der Waals surface area contributed by atoms with Crippen LogP contribution in [-0.2, 0) is 6.54 Å². The molecule has 0 saturated carbocycles. The summed E-state index contributed by atoms with van der Waals surface area (Å²) in [6.07, 6.45) is 8.78. The van der Waals surface area contributed by atoms with Crippen LogP contribution in [0.1, 0.15) is 49.6 Å². The molecule has 0 amide bonds. The van der Waals surface area contributed by atoms with Crippen molar-refractivity contribution >= 4 is 5.78 Å². The first-order chi connectivity index (χ1) is 8.81. The van der Waals surface area contributed by atoms with Crippen molar-refractivity contribution in [2.45, 2.75) is 45.6 Å². The molecule has 1 aromatic heterocycles. The lowest BCUT2D eigenvalue weighted by Crippen LogP contribution is -2.30. The standard InChI is InChI=1S/C14H23N3O/c1-2-9-17-10-8-16-14(17)13(18)6-5-12-4-3-7-15-11-12/h8,10,12,15H,2-7,9,11H2,1H3. The minimum Gasteiger partial charge on any atom is -0.329 e. The number of Topliss-reactive ketones (excluding diaryl/α,β-unsaturated/α-hetero) is 1. The number of nitrogens with zero attached hydrogens (tertiary/aromatic N) is 2. The summed E-state index contributed by atoms with van der Waals surface area (Å²) in [5.74, 6) is 1.50. The maximum Gasteiger partial charge on any atom is 0.198 e. The average molecular weight is 249 g/mol. The van der Waals surface area contributed by atoms with Crippen molar-refractivity contribution in [1.29, 1.82) is 0 Å². The number of aryl methyl sites for hydroxylation is 1. The Morgan fingerprint density at radius 3 is 3.22 bits per heavy atom. The molecule has 18 heavy (non-hydrogen) atoms. The van der Waals surface area contributed by atoms with Gasteiger partial charge in [0.1, 0.15) is 0 Å². The van der Waals surface area contributed by atoms with Gasteiger partial charge in [-0.2, -0.15) is 0 Å². The summed E-state index contributed by atoms with van der Waals surface area (Å²) in [7, 11) is 0. The van der Waals surface area contributed by atoms with Crippen molar-refractivity contribution < 1.29 is 4.79 Å². The molecular formula is C14H23N3O. The van der Waals surface area contributed by atoms with Gasteiger partial charge >= 0.3 is 0 Å². The average Bonchev–Trinajstić information content (AvgIpc) is 2.86. The molecule has 1 aromatic rings. The molecule has 1 unspecified atom stereocenters. The predicted molar refractivity (Wildman–Crippen MR) is 71.7 cm³/mol. The minimum absolute atomic E-state index is 0.194. The quantitative estimate of drug-likeness (QED) is 0.787. The number of imidazole rings is 1. The van der Waals surface area contributed by atoms with Crippen LogP contribution >= 0.6 is 0 Å². The molecule has 0 spiro atoms. The number of piperidine rings is 1. The van der Waals surface area contributed by atoms with Crippen LogP contribution < -0.4 is 5.32 Å². The lowest BCUT2D eigenvalue weighted by molar-refractivity contribution is 0.0957. The number of hydrogen-bond acceptors (Lipinski definition) is 3. The van der Waals surface area contributed by atoms with Gasteiger partial charge < -0.3 is 9.88 Å². The van der Waals surface area contributed by atoms with Gasteiger partial charge in [-0.25, -0.2) is 4.98 Å². The van der Waals surface area contributed by atoms with Crippen molar-refractivity contribution in [2.75, 3.05) is 13.1 Å². The lowest BCUT2D eigenvalue weighted by Gasteiger charge is -2.22. The fourth-order valence-electron chi connectivity index (χ4n) is 2.60. The first-order valence-electron chi connectivity index (χ1n) is 7.06. The van der Waals surface area contributed by atoms with Gasteiger partial charge in [0.05, 0.1) is 0 Å². The third kappa shape index (κ3) is 3.42. The van der Waals surface area contributed by atoms with Crippen LogP contribution in [0.4, 0.5) is 0 Å². The number of carbonyl (C=O) groups excluding carboxylic acids is 1. The largest absolute Gasteiger partial charge is 0.329 e. The molecule has 0 aliphatic carbocycles. The van der Waals surface area contributed by atoms with E-state index in [2.05, 4.69) is 17.2 Å². The van der Waals surface area contributed by atoms with E-state index in [0.29, 0.717) is 18.2 Å². The molecule has 2 rings (SSSR count). The molecule has 1 aliphatic rings. The van der Waals surface area contributed by atoms with Crippen LogP contribution in [0.15, 0.2) is 12.4 Å². The van der Waals surface area contributed by atoms with E-state index in [1.807, 2.05) is 10.8 Å². The zero-order chi connectivity index (χ0) is 12.8. The first-order valence-corrected chi connectivity index (χ1v) is 7.06. The monoisotopic (exact) mass is 249 g/mol. The van der Waals surface area contributed by atoms with Crippen LogP contribution in [0.3, 0.4) is 0 Å². The van der Waals surface area contributed by atoms with Crippen LogP contribution in [0, 0.1) is 5.92 Å². The zero-order valence-corrected chi connectivity index (χ0v) is 11.2. The van der Waals surface area contributed by atoms with Crippen molar-refractivity contribution in [3.8, 4) is 0 Å². The molecular weight excluding hydrogens is 226 g/mol. The van der Waals surface area contributed by atoms with E-state index in [-0.39, 0.29) is 5.78 Å². The van der Waals surface area contributed by atoms with Crippen LogP contribution in [0.2, 0.25) is 0 Å². The second-order valence-corrected chi connectivity index (χ2v) is 5.12. The number of carbonyl (C=O) groups is 1. The highest BCUT2D eigenvalue weighted by molar-refractivity contribution is 5.92. The maximum absolute atomic E-state index is 12.1. The van der Waals surface area contributed by atoms with Gasteiger partial charge in [-0.05, 0) is 44.7 Å². The molecule has 0 bridgehead atoms. The molecule has 1 atom stereocenters. The molecule has 1 aliphatic heterocycles. The molecule has 0 aromatic carbocycles. The fourth-order valence-corrected chi connectivity index (χ4v) is 2.60. The van der Waals surface area contributed by atoms with E-state index in [1.54, 1.807) is 6.20 Å². The van der Waals surface area contributed by atoms with E-state index in [0.717, 1.165) is 32.5 Å². The van der Waals surface area contributed by atoms with Crippen molar-refractivity contribution in [3.05, 3.63) is 18.2 Å². The van der Waals surface area contributed by atoms with Gasteiger partial charge in [-0.3, -0.25) is 4.79 Å². The fraction of sp³-hybridized carbons (Fsp3) is 0.714. The van der Waals surface area contributed by atoms with Gasteiger partial charge in [-0.15, -0.1) is 0 Å². The Bertz CT molecular complexity index is 380. The molecule has 4 nitrogen and oxygen atoms in total. The Hall–Kier alpha value is -1.16. The van der Waals surface area contributed by atoms with Crippen molar-refractivity contribution in [3.63, 3.8) is 0 Å². The summed E-state index contributed by atoms with van der Waals surface area (Å²) in [6, 6.07) is 0. The second-order valence-electron chi connectivity index (χ2n) is 5.12. The van der Waals surface area contributed by atoms with Gasteiger partial charge in [0.15, 0.2) is 11.6 Å². The molecule has 1 saturated heterocycles. The molecule has 2 heterocycles. The molecule has 1 fully saturated rings. The second kappa shape index (κ2) is 6.69. The Labute approximate surface area is 109 Å². The normalized spacial score (nSPS) is 19.9. The van der Waals surface area contributed by atoms with Gasteiger partial charge in [-0.1, -0.05) is 6.92 Å². The number of ketones is 1. The number of nitrogens with one attached hydrogen (secondary N) is 1. The van der Waals surface area contributed by atoms with Crippen molar-refractivity contribution in [2.24, 2.45) is 5.92 Å². The molecule has 0 radical (unpaired) electrons. The summed E-state index contributed by atoms with van der Waals surface area (Å²) >= 11 is 0. The summed E-state index contributed by atoms with van der Waals surface area (Å²) in [5.41, 5.74) is 0. The van der Waals surface area contributed by atoms with Crippen LogP contribution in [0.25, 0.3) is 0 Å². The van der Waals surface area contributed by atoms with Gasteiger partial charge in [0.2, 0.25) is 0 Å². The Morgan fingerprint density at radius 1 is 1.61 bits per heavy atom. The highest BCUT2D eigenvalue weighted by Gasteiger charge is 2.17. The summed E-state index contributed by atoms with van der Waals surface area (Å²) in [4.78, 5) is 16.3. The predicted octanol–water partition coefficient (Wildman–Crippen LogP) is 2.26. The van der Waals surface area contributed by atoms with E-state index in [1.165, 1.54) is 12.8 Å². The zero-order valence-electron chi connectivity index (χ0n) is 11.2. The van der Waals surface area contributed by atoms with Crippen molar-refractivity contribution in [1.82, 2.24) is 14.9 Å². The van der Waals surface area contributed by atoms with E-state index >= 15 is 0 Å². The van der Waals surface area contributed by atoms with Gasteiger partial charge in [0.25, 0.3) is 0 Å². The lowest BCUT2D eigenvalue weighted by atomic mass is 9.93. The Morgan fingerprint density at radius 2 is 2.50 bits per heavy atom. The summed E-state index contributed by atoms with van der Waals surface area (Å²) < 4.78 is 1.97.